The van der Waals surface area contributed by atoms with Crippen LogP contribution in [0.25, 0.3) is 0 Å². The highest BCUT2D eigenvalue weighted by Crippen LogP contribution is 2.26. The maximum Gasteiger partial charge on any atom is 0.315 e. The van der Waals surface area contributed by atoms with Crippen molar-refractivity contribution in [1.29, 1.82) is 0 Å². The van der Waals surface area contributed by atoms with Crippen LogP contribution in [0.2, 0.25) is 0 Å². The van der Waals surface area contributed by atoms with Crippen LogP contribution in [0.3, 0.4) is 0 Å². The first kappa shape index (κ1) is 10.4. The van der Waals surface area contributed by atoms with Gasteiger partial charge in [0, 0.05) is 12.6 Å². The van der Waals surface area contributed by atoms with E-state index in [0.717, 1.165) is 25.3 Å². The fourth-order valence-electron chi connectivity index (χ4n) is 2.28. The molecule has 0 aromatic rings. The molecule has 3 heteroatoms. The molecule has 1 aliphatic rings. The van der Waals surface area contributed by atoms with Crippen LogP contribution >= 0.6 is 0 Å². The van der Waals surface area contributed by atoms with Crippen LogP contribution in [0.1, 0.15) is 39.5 Å². The van der Waals surface area contributed by atoms with Gasteiger partial charge in [-0.05, 0) is 25.7 Å². The molecule has 0 radical (unpaired) electrons. The van der Waals surface area contributed by atoms with Crippen LogP contribution in [0.15, 0.2) is 0 Å². The van der Waals surface area contributed by atoms with E-state index in [9.17, 15) is 4.79 Å². The lowest BCUT2D eigenvalue weighted by atomic mass is 9.86. The van der Waals surface area contributed by atoms with Crippen molar-refractivity contribution in [2.45, 2.75) is 45.6 Å². The lowest BCUT2D eigenvalue weighted by Crippen LogP contribution is -2.45. The van der Waals surface area contributed by atoms with E-state index in [0.29, 0.717) is 6.04 Å². The first-order valence-electron chi connectivity index (χ1n) is 5.21. The van der Waals surface area contributed by atoms with Gasteiger partial charge in [0.1, 0.15) is 0 Å². The van der Waals surface area contributed by atoms with Gasteiger partial charge < -0.3 is 10.6 Å². The first-order valence-corrected chi connectivity index (χ1v) is 5.21. The molecule has 76 valence electrons. The van der Waals surface area contributed by atoms with Gasteiger partial charge in [-0.2, -0.15) is 0 Å². The average Bonchev–Trinajstić information content (AvgIpc) is 2.04. The molecule has 1 fully saturated rings. The molecule has 2 unspecified atom stereocenters. The number of primary amides is 1. The average molecular weight is 184 g/mol. The van der Waals surface area contributed by atoms with Gasteiger partial charge in [0.25, 0.3) is 0 Å². The van der Waals surface area contributed by atoms with Crippen molar-refractivity contribution in [2.75, 3.05) is 6.54 Å². The van der Waals surface area contributed by atoms with Crippen LogP contribution < -0.4 is 5.73 Å². The van der Waals surface area contributed by atoms with Crippen molar-refractivity contribution in [3.8, 4) is 0 Å². The number of hydrogen-bond donors (Lipinski definition) is 1. The molecule has 3 nitrogen and oxygen atoms in total. The smallest absolute Gasteiger partial charge is 0.315 e. The van der Waals surface area contributed by atoms with Crippen LogP contribution in [0, 0.1) is 5.92 Å². The molecule has 0 aromatic heterocycles. The van der Waals surface area contributed by atoms with E-state index in [1.807, 2.05) is 6.92 Å². The molecule has 0 saturated heterocycles. The van der Waals surface area contributed by atoms with Crippen LogP contribution in [-0.2, 0) is 0 Å². The van der Waals surface area contributed by atoms with E-state index >= 15 is 0 Å². The van der Waals surface area contributed by atoms with E-state index < -0.39 is 0 Å². The standard InChI is InChI=1S/C10H20N2O/c1-3-12(10(11)13)9-6-4-5-8(2)7-9/h8-9H,3-7H2,1-2H3,(H2,11,13). The molecule has 2 amide bonds. The molecule has 0 bridgehead atoms. The minimum Gasteiger partial charge on any atom is -0.351 e. The molecule has 13 heavy (non-hydrogen) atoms. The van der Waals surface area contributed by atoms with Crippen LogP contribution in [0.5, 0.6) is 0 Å². The predicted octanol–water partition coefficient (Wildman–Crippen LogP) is 1.97. The minimum absolute atomic E-state index is 0.262. The van der Waals surface area contributed by atoms with Crippen molar-refractivity contribution in [1.82, 2.24) is 4.90 Å². The van der Waals surface area contributed by atoms with Gasteiger partial charge in [-0.3, -0.25) is 0 Å². The summed E-state index contributed by atoms with van der Waals surface area (Å²) in [5.74, 6) is 0.743. The van der Waals surface area contributed by atoms with E-state index in [-0.39, 0.29) is 6.03 Å². The molecular weight excluding hydrogens is 164 g/mol. The molecule has 2 atom stereocenters. The number of nitrogens with two attached hydrogens (primary N) is 1. The number of nitrogens with zero attached hydrogens (tertiary/aromatic N) is 1. The van der Waals surface area contributed by atoms with Gasteiger partial charge in [-0.15, -0.1) is 0 Å². The van der Waals surface area contributed by atoms with Crippen molar-refractivity contribution in [3.63, 3.8) is 0 Å². The highest BCUT2D eigenvalue weighted by molar-refractivity contribution is 5.72. The van der Waals surface area contributed by atoms with Gasteiger partial charge in [0.2, 0.25) is 0 Å². The van der Waals surface area contributed by atoms with Crippen molar-refractivity contribution >= 4 is 6.03 Å². The van der Waals surface area contributed by atoms with E-state index in [1.54, 1.807) is 4.90 Å². The molecule has 0 heterocycles. The summed E-state index contributed by atoms with van der Waals surface area (Å²) in [4.78, 5) is 12.9. The van der Waals surface area contributed by atoms with Gasteiger partial charge in [-0.1, -0.05) is 19.8 Å². The number of carbonyl (C=O) groups excluding carboxylic acids is 1. The van der Waals surface area contributed by atoms with Gasteiger partial charge in [-0.25, -0.2) is 4.79 Å². The Morgan fingerprint density at radius 3 is 2.69 bits per heavy atom. The lowest BCUT2D eigenvalue weighted by Gasteiger charge is -2.34. The zero-order valence-electron chi connectivity index (χ0n) is 8.62. The third-order valence-electron chi connectivity index (χ3n) is 2.97. The number of carbonyl (C=O) groups is 1. The summed E-state index contributed by atoms with van der Waals surface area (Å²) in [6.07, 6.45) is 4.78. The van der Waals surface area contributed by atoms with Crippen molar-refractivity contribution < 1.29 is 4.79 Å². The second-order valence-electron chi connectivity index (χ2n) is 4.05. The molecule has 1 rings (SSSR count). The lowest BCUT2D eigenvalue weighted by molar-refractivity contribution is 0.153. The van der Waals surface area contributed by atoms with Gasteiger partial charge in [0.05, 0.1) is 0 Å². The SMILES string of the molecule is CCN(C(N)=O)C1CCCC(C)C1. The summed E-state index contributed by atoms with van der Waals surface area (Å²) in [5, 5.41) is 0. The molecular formula is C10H20N2O. The Kier molecular flexibility index (Phi) is 3.58. The molecule has 1 saturated carbocycles. The molecule has 0 aromatic carbocycles. The Morgan fingerprint density at radius 1 is 1.54 bits per heavy atom. The second-order valence-corrected chi connectivity index (χ2v) is 4.05. The summed E-state index contributed by atoms with van der Waals surface area (Å²) >= 11 is 0. The second kappa shape index (κ2) is 4.49. The number of urea groups is 1. The third-order valence-corrected chi connectivity index (χ3v) is 2.97. The number of rotatable bonds is 2. The first-order chi connectivity index (χ1) is 6.15. The predicted molar refractivity (Wildman–Crippen MR) is 53.4 cm³/mol. The van der Waals surface area contributed by atoms with E-state index in [2.05, 4.69) is 6.92 Å². The third kappa shape index (κ3) is 2.61. The topological polar surface area (TPSA) is 46.3 Å². The molecule has 0 aliphatic heterocycles. The highest BCUT2D eigenvalue weighted by Gasteiger charge is 2.25. The van der Waals surface area contributed by atoms with Crippen LogP contribution in [0.4, 0.5) is 4.79 Å². The number of hydrogen-bond acceptors (Lipinski definition) is 1. The monoisotopic (exact) mass is 184 g/mol. The zero-order valence-corrected chi connectivity index (χ0v) is 8.62. The van der Waals surface area contributed by atoms with Gasteiger partial charge in [0.15, 0.2) is 0 Å². The quantitative estimate of drug-likeness (QED) is 0.700. The van der Waals surface area contributed by atoms with Crippen molar-refractivity contribution in [3.05, 3.63) is 0 Å². The fourth-order valence-corrected chi connectivity index (χ4v) is 2.28. The van der Waals surface area contributed by atoms with Crippen LogP contribution in [-0.4, -0.2) is 23.5 Å². The Balaban J connectivity index is 2.52. The van der Waals surface area contributed by atoms with E-state index in [1.165, 1.54) is 12.8 Å². The summed E-state index contributed by atoms with van der Waals surface area (Å²) in [6, 6.07) is 0.132. The maximum atomic E-state index is 11.1. The Labute approximate surface area is 80.3 Å². The number of amides is 2. The fraction of sp³-hybridized carbons (Fsp3) is 0.900. The maximum absolute atomic E-state index is 11.1. The summed E-state index contributed by atoms with van der Waals surface area (Å²) < 4.78 is 0. The normalized spacial score (nSPS) is 28.5. The minimum atomic E-state index is -0.262. The van der Waals surface area contributed by atoms with Gasteiger partial charge >= 0.3 is 6.03 Å². The van der Waals surface area contributed by atoms with Crippen molar-refractivity contribution in [2.24, 2.45) is 11.7 Å². The van der Waals surface area contributed by atoms with E-state index in [4.69, 9.17) is 5.73 Å². The Hall–Kier alpha value is -0.730. The summed E-state index contributed by atoms with van der Waals surface area (Å²) in [6.45, 7) is 4.98. The summed E-state index contributed by atoms with van der Waals surface area (Å²) in [5.41, 5.74) is 5.31. The molecule has 1 aliphatic carbocycles. The molecule has 2 N–H and O–H groups in total. The zero-order chi connectivity index (χ0) is 9.84. The largest absolute Gasteiger partial charge is 0.351 e. The Bertz CT molecular complexity index is 182. The highest BCUT2D eigenvalue weighted by atomic mass is 16.2. The molecule has 0 spiro atoms. The summed E-state index contributed by atoms with van der Waals surface area (Å²) in [7, 11) is 0. The Morgan fingerprint density at radius 2 is 2.23 bits per heavy atom.